The lowest BCUT2D eigenvalue weighted by Gasteiger charge is -2.09. The zero-order chi connectivity index (χ0) is 81.5. The highest BCUT2D eigenvalue weighted by Crippen LogP contribution is 2.46. The molecule has 20 nitrogen and oxygen atoms in total. The molecule has 120 heavy (non-hydrogen) atoms. The predicted octanol–water partition coefficient (Wildman–Crippen LogP) is 23.5. The number of nitrogens with zero attached hydrogens (tertiary/aromatic N) is 12. The Balaban J connectivity index is 0.000000106. The number of phenols is 4. The lowest BCUT2D eigenvalue weighted by molar-refractivity contribution is 0.379. The third-order valence-electron chi connectivity index (χ3n) is 20.3. The van der Waals surface area contributed by atoms with Gasteiger partial charge in [-0.15, -0.1) is 45.3 Å². The standard InChI is InChI=1S/2C26H17N3O2S.2C22H15N3O2S/c1-31-26-28-24(27-25(29-26)18-8-4-5-9-20(18)30)16-10-12-19-22(14-16)32-21-13-11-15-6-2-3-7-17(15)23(19)21;1-31-26-28-24(27-25(29-26)18-8-4-5-9-21(18)30)17-10-11-22-19(13-17)20-12-15-6-2-3-7-16(15)14-23(20)32-22;1-27-22-24-20(15-8-2-4-11-17(15)26)23-21(25-22)16-10-6-9-14-13-7-3-5-12-18(13)28-19(14)16;1-27-22-24-20(13-7-2-4-10-16(13)26)23-21(25-22)15-9-6-12-18-19(15)14-8-3-5-11-17(14)28-18/h2*2-14,30H,1H3;2*2-12,26H,1H3. The summed E-state index contributed by atoms with van der Waals surface area (Å²) in [5, 5.41) is 55.4. The van der Waals surface area contributed by atoms with Crippen LogP contribution in [0.4, 0.5) is 0 Å². The summed E-state index contributed by atoms with van der Waals surface area (Å²) in [4.78, 5) is 53.9. The van der Waals surface area contributed by atoms with Gasteiger partial charge in [-0.05, 0) is 137 Å². The number of hydrogen-bond acceptors (Lipinski definition) is 24. The Labute approximate surface area is 699 Å². The van der Waals surface area contributed by atoms with Crippen LogP contribution in [0.1, 0.15) is 0 Å². The second-order valence-corrected chi connectivity index (χ2v) is 31.8. The van der Waals surface area contributed by atoms with Gasteiger partial charge in [-0.3, -0.25) is 0 Å². The molecule has 0 aliphatic carbocycles. The van der Waals surface area contributed by atoms with Crippen LogP contribution in [-0.4, -0.2) is 109 Å². The summed E-state index contributed by atoms with van der Waals surface area (Å²) in [6.07, 6.45) is 0. The van der Waals surface area contributed by atoms with Crippen LogP contribution < -0.4 is 18.9 Å². The van der Waals surface area contributed by atoms with E-state index >= 15 is 0 Å². The minimum Gasteiger partial charge on any atom is -0.507 e. The molecule has 0 saturated carbocycles. The fourth-order valence-corrected chi connectivity index (χ4v) is 19.2. The molecule has 0 amide bonds. The van der Waals surface area contributed by atoms with Crippen LogP contribution in [0.5, 0.6) is 47.0 Å². The maximum Gasteiger partial charge on any atom is 0.320 e. The van der Waals surface area contributed by atoms with E-state index in [9.17, 15) is 20.4 Å². The number of aromatic nitrogens is 12. The van der Waals surface area contributed by atoms with E-state index in [2.05, 4.69) is 193 Å². The number of thiophene rings is 4. The molecule has 24 heteroatoms. The summed E-state index contributed by atoms with van der Waals surface area (Å²) in [5.41, 5.74) is 5.68. The van der Waals surface area contributed by atoms with Crippen molar-refractivity contribution in [3.8, 4) is 138 Å². The highest BCUT2D eigenvalue weighted by molar-refractivity contribution is 7.27. The summed E-state index contributed by atoms with van der Waals surface area (Å²) < 4.78 is 30.9. The number of hydrogen-bond donors (Lipinski definition) is 4. The molecule has 22 aromatic rings. The van der Waals surface area contributed by atoms with Gasteiger partial charge in [-0.2, -0.15) is 39.9 Å². The molecule has 0 spiro atoms. The topological polar surface area (TPSA) is 273 Å². The van der Waals surface area contributed by atoms with E-state index in [1.54, 1.807) is 118 Å². The van der Waals surface area contributed by atoms with Crippen molar-refractivity contribution < 1.29 is 39.4 Å². The van der Waals surface area contributed by atoms with E-state index < -0.39 is 0 Å². The molecule has 0 unspecified atom stereocenters. The van der Waals surface area contributed by atoms with Crippen LogP contribution >= 0.6 is 45.3 Å². The number of benzene rings is 14. The van der Waals surface area contributed by atoms with Crippen molar-refractivity contribution in [1.29, 1.82) is 0 Å². The third-order valence-corrected chi connectivity index (χ3v) is 24.9. The molecular formula is C96H64N12O8S4. The second kappa shape index (κ2) is 32.2. The van der Waals surface area contributed by atoms with E-state index in [0.29, 0.717) is 68.8 Å². The van der Waals surface area contributed by atoms with Crippen molar-refractivity contribution in [2.45, 2.75) is 0 Å². The fraction of sp³-hybridized carbons (Fsp3) is 0.0417. The maximum absolute atomic E-state index is 10.3. The van der Waals surface area contributed by atoms with Crippen LogP contribution in [0.25, 0.3) is 193 Å². The van der Waals surface area contributed by atoms with Gasteiger partial charge in [-0.1, -0.05) is 176 Å². The van der Waals surface area contributed by atoms with E-state index in [0.717, 1.165) is 42.4 Å². The Kier molecular flexibility index (Phi) is 20.1. The van der Waals surface area contributed by atoms with Gasteiger partial charge in [0.15, 0.2) is 46.6 Å². The second-order valence-electron chi connectivity index (χ2n) is 27.5. The quantitative estimate of drug-likeness (QED) is 0.0885. The monoisotopic (exact) mass is 1640 g/mol. The molecule has 14 aromatic carbocycles. The highest BCUT2D eigenvalue weighted by Gasteiger charge is 2.23. The van der Waals surface area contributed by atoms with Gasteiger partial charge in [0, 0.05) is 103 Å². The number of ether oxygens (including phenoxy) is 4. The molecule has 8 heterocycles. The largest absolute Gasteiger partial charge is 0.507 e. The smallest absolute Gasteiger partial charge is 0.320 e. The highest BCUT2D eigenvalue weighted by atomic mass is 32.1. The average Bonchev–Trinajstić information content (AvgIpc) is 1.59. The van der Waals surface area contributed by atoms with Crippen molar-refractivity contribution in [2.24, 2.45) is 0 Å². The number of fused-ring (bicyclic) bond motifs is 15. The van der Waals surface area contributed by atoms with Gasteiger partial charge in [0.25, 0.3) is 0 Å². The first kappa shape index (κ1) is 75.0. The fourth-order valence-electron chi connectivity index (χ4n) is 14.6. The zero-order valence-electron chi connectivity index (χ0n) is 64.1. The minimum absolute atomic E-state index is 0.109. The normalized spacial score (nSPS) is 11.3. The first-order valence-electron chi connectivity index (χ1n) is 37.7. The molecule has 580 valence electrons. The first-order chi connectivity index (χ1) is 58.9. The number of methoxy groups -OCH3 is 4. The van der Waals surface area contributed by atoms with Gasteiger partial charge in [0.05, 0.1) is 50.7 Å². The molecule has 4 N–H and O–H groups in total. The first-order valence-corrected chi connectivity index (χ1v) is 41.0. The van der Waals surface area contributed by atoms with Crippen molar-refractivity contribution >= 4 is 148 Å². The summed E-state index contributed by atoms with van der Waals surface area (Å²) in [6, 6.07) is 95.8. The summed E-state index contributed by atoms with van der Waals surface area (Å²) in [5.74, 6) is 3.95. The Bertz CT molecular complexity index is 7740. The van der Waals surface area contributed by atoms with E-state index in [4.69, 9.17) is 18.9 Å². The Morgan fingerprint density at radius 3 is 1.11 bits per heavy atom. The predicted molar refractivity (Wildman–Crippen MR) is 482 cm³/mol. The lowest BCUT2D eigenvalue weighted by atomic mass is 10.0. The van der Waals surface area contributed by atoms with E-state index in [1.807, 2.05) is 84.9 Å². The Hall–Kier alpha value is -15.1. The summed E-state index contributed by atoms with van der Waals surface area (Å²) >= 11 is 6.99. The van der Waals surface area contributed by atoms with Crippen LogP contribution in [-0.2, 0) is 0 Å². The van der Waals surface area contributed by atoms with Gasteiger partial charge in [0.1, 0.15) is 23.0 Å². The Morgan fingerprint density at radius 1 is 0.208 bits per heavy atom. The molecule has 0 bridgehead atoms. The van der Waals surface area contributed by atoms with Gasteiger partial charge < -0.3 is 39.4 Å². The van der Waals surface area contributed by atoms with Crippen molar-refractivity contribution in [2.75, 3.05) is 28.4 Å². The maximum atomic E-state index is 10.3. The van der Waals surface area contributed by atoms with Crippen LogP contribution in [0.3, 0.4) is 0 Å². The van der Waals surface area contributed by atoms with Gasteiger partial charge in [0.2, 0.25) is 0 Å². The van der Waals surface area contributed by atoms with Gasteiger partial charge >= 0.3 is 24.0 Å². The number of aromatic hydroxyl groups is 4. The third kappa shape index (κ3) is 14.5. The lowest BCUT2D eigenvalue weighted by Crippen LogP contribution is -2.00. The number of phenolic OH excluding ortho intramolecular Hbond substituents is 4. The van der Waals surface area contributed by atoms with Crippen LogP contribution in [0.15, 0.2) is 291 Å². The molecule has 0 saturated heterocycles. The van der Waals surface area contributed by atoms with Crippen LogP contribution in [0.2, 0.25) is 0 Å². The molecule has 0 aliphatic rings. The number of para-hydroxylation sites is 4. The zero-order valence-corrected chi connectivity index (χ0v) is 67.4. The molecular weight excluding hydrogens is 1580 g/mol. The van der Waals surface area contributed by atoms with Crippen LogP contribution in [0, 0.1) is 0 Å². The summed E-state index contributed by atoms with van der Waals surface area (Å²) in [6.45, 7) is 0. The van der Waals surface area contributed by atoms with Crippen molar-refractivity contribution in [3.05, 3.63) is 291 Å². The molecule has 8 aromatic heterocycles. The molecule has 0 fully saturated rings. The molecule has 22 rings (SSSR count). The molecule has 0 atom stereocenters. The average molecular weight is 1640 g/mol. The molecule has 0 aliphatic heterocycles. The minimum atomic E-state index is 0.109. The van der Waals surface area contributed by atoms with Crippen molar-refractivity contribution in [1.82, 2.24) is 59.8 Å². The number of rotatable bonds is 12. The van der Waals surface area contributed by atoms with Crippen molar-refractivity contribution in [3.63, 3.8) is 0 Å². The SMILES string of the molecule is COc1nc(-c2ccc3c(c2)sc2ccc4ccccc4c23)nc(-c2ccccc2O)n1.COc1nc(-c2ccc3sc4cc5ccccc5cc4c3c2)nc(-c2ccccc2O)n1.COc1nc(-c2ccccc2O)nc(-c2cccc3c2sc2ccccc23)n1.COc1nc(-c2ccccc2O)nc(-c2cccc3sc4ccccc4c23)n1. The van der Waals surface area contributed by atoms with E-state index in [-0.39, 0.29) is 47.0 Å². The molecule has 0 radical (unpaired) electrons. The van der Waals surface area contributed by atoms with Gasteiger partial charge in [-0.25, -0.2) is 19.9 Å². The Morgan fingerprint density at radius 2 is 0.550 bits per heavy atom. The van der Waals surface area contributed by atoms with E-state index in [1.165, 1.54) is 111 Å². The summed E-state index contributed by atoms with van der Waals surface area (Å²) in [7, 11) is 6.09.